The fourth-order valence-electron chi connectivity index (χ4n) is 2.41. The number of hydrogen-bond acceptors (Lipinski definition) is 2. The lowest BCUT2D eigenvalue weighted by Gasteiger charge is -2.21. The number of carbonyl (C=O) groups excluding carboxylic acids is 2. The van der Waals surface area contributed by atoms with Crippen molar-refractivity contribution in [3.8, 4) is 0 Å². The highest BCUT2D eigenvalue weighted by Crippen LogP contribution is 2.19. The quantitative estimate of drug-likeness (QED) is 0.711. The third kappa shape index (κ3) is 5.99. The van der Waals surface area contributed by atoms with Gasteiger partial charge in [-0.05, 0) is 36.2 Å². The lowest BCUT2D eigenvalue weighted by atomic mass is 10.1. The lowest BCUT2D eigenvalue weighted by Crippen LogP contribution is -2.33. The Labute approximate surface area is 159 Å². The zero-order valence-corrected chi connectivity index (χ0v) is 15.3. The number of nitrogens with one attached hydrogen (secondary N) is 1. The molecule has 2 amide bonds. The van der Waals surface area contributed by atoms with Gasteiger partial charge in [0.15, 0.2) is 17.5 Å². The van der Waals surface area contributed by atoms with Crippen molar-refractivity contribution in [3.05, 3.63) is 64.4 Å². The minimum Gasteiger partial charge on any atom is -0.342 e. The lowest BCUT2D eigenvalue weighted by molar-refractivity contribution is -0.129. The highest BCUT2D eigenvalue weighted by atomic mass is 35.5. The largest absolute Gasteiger partial charge is 0.342 e. The third-order valence-electron chi connectivity index (χ3n) is 3.95. The van der Waals surface area contributed by atoms with Gasteiger partial charge in [0.2, 0.25) is 11.8 Å². The molecule has 27 heavy (non-hydrogen) atoms. The van der Waals surface area contributed by atoms with Crippen molar-refractivity contribution in [1.29, 1.82) is 0 Å². The fraction of sp³-hybridized carbons (Fsp3) is 0.263. The van der Waals surface area contributed by atoms with Crippen LogP contribution in [0.25, 0.3) is 0 Å². The van der Waals surface area contributed by atoms with E-state index >= 15 is 0 Å². The topological polar surface area (TPSA) is 49.4 Å². The summed E-state index contributed by atoms with van der Waals surface area (Å²) in [5.74, 6) is -5.28. The Bertz CT molecular complexity index is 828. The van der Waals surface area contributed by atoms with Crippen LogP contribution in [0.2, 0.25) is 5.02 Å². The Balaban J connectivity index is 1.89. The van der Waals surface area contributed by atoms with Crippen LogP contribution in [0.1, 0.15) is 18.9 Å². The Kier molecular flexibility index (Phi) is 7.24. The number of nitrogens with zero attached hydrogens (tertiary/aromatic N) is 1. The van der Waals surface area contributed by atoms with Gasteiger partial charge in [-0.25, -0.2) is 13.2 Å². The molecule has 0 spiro atoms. The number of carbonyl (C=O) groups is 2. The molecule has 0 atom stereocenters. The van der Waals surface area contributed by atoms with Gasteiger partial charge in [-0.3, -0.25) is 9.59 Å². The van der Waals surface area contributed by atoms with Crippen LogP contribution in [0, 0.1) is 17.5 Å². The molecule has 0 aliphatic carbocycles. The van der Waals surface area contributed by atoms with E-state index in [0.717, 1.165) is 17.7 Å². The SMILES string of the molecule is CC(=O)N(CCC(=O)Nc1ccc(F)c(F)c1F)CCc1ccc(Cl)cc1. The first-order chi connectivity index (χ1) is 12.8. The number of rotatable bonds is 7. The van der Waals surface area contributed by atoms with Crippen molar-refractivity contribution >= 4 is 29.1 Å². The van der Waals surface area contributed by atoms with Gasteiger partial charge in [0, 0.05) is 31.5 Å². The molecule has 0 aliphatic heterocycles. The molecule has 144 valence electrons. The third-order valence-corrected chi connectivity index (χ3v) is 4.20. The van der Waals surface area contributed by atoms with Crippen LogP contribution in [0.4, 0.5) is 18.9 Å². The van der Waals surface area contributed by atoms with Crippen LogP contribution in [-0.2, 0) is 16.0 Å². The molecule has 2 rings (SSSR count). The highest BCUT2D eigenvalue weighted by molar-refractivity contribution is 6.30. The van der Waals surface area contributed by atoms with Crippen molar-refractivity contribution < 1.29 is 22.8 Å². The van der Waals surface area contributed by atoms with Crippen LogP contribution >= 0.6 is 11.6 Å². The van der Waals surface area contributed by atoms with E-state index in [-0.39, 0.29) is 18.9 Å². The molecular formula is C19H18ClF3N2O2. The summed E-state index contributed by atoms with van der Waals surface area (Å²) in [5.41, 5.74) is 0.536. The van der Waals surface area contributed by atoms with Crippen molar-refractivity contribution in [1.82, 2.24) is 4.90 Å². The predicted molar refractivity (Wildman–Crippen MR) is 97.0 cm³/mol. The first-order valence-electron chi connectivity index (χ1n) is 8.21. The van der Waals surface area contributed by atoms with Crippen LogP contribution in [0.5, 0.6) is 0 Å². The molecule has 0 heterocycles. The van der Waals surface area contributed by atoms with Gasteiger partial charge in [-0.2, -0.15) is 0 Å². The molecule has 2 aromatic carbocycles. The minimum atomic E-state index is -1.65. The van der Waals surface area contributed by atoms with Gasteiger partial charge < -0.3 is 10.2 Å². The van der Waals surface area contributed by atoms with Gasteiger partial charge in [-0.1, -0.05) is 23.7 Å². The van der Waals surface area contributed by atoms with Crippen molar-refractivity contribution in [2.75, 3.05) is 18.4 Å². The van der Waals surface area contributed by atoms with E-state index in [1.54, 1.807) is 12.1 Å². The minimum absolute atomic E-state index is 0.111. The summed E-state index contributed by atoms with van der Waals surface area (Å²) in [6.07, 6.45) is 0.467. The molecule has 0 aliphatic rings. The molecule has 0 unspecified atom stereocenters. The number of benzene rings is 2. The van der Waals surface area contributed by atoms with E-state index in [9.17, 15) is 22.8 Å². The average molecular weight is 399 g/mol. The normalized spacial score (nSPS) is 10.6. The fourth-order valence-corrected chi connectivity index (χ4v) is 2.54. The predicted octanol–water partition coefficient (Wildman–Crippen LogP) is 4.18. The Hall–Kier alpha value is -2.54. The Morgan fingerprint density at radius 2 is 1.67 bits per heavy atom. The summed E-state index contributed by atoms with van der Waals surface area (Å²) in [5, 5.41) is 2.79. The molecular weight excluding hydrogens is 381 g/mol. The zero-order valence-electron chi connectivity index (χ0n) is 14.6. The van der Waals surface area contributed by atoms with E-state index in [1.807, 2.05) is 12.1 Å². The van der Waals surface area contributed by atoms with Crippen molar-refractivity contribution in [2.45, 2.75) is 19.8 Å². The molecule has 0 fully saturated rings. The molecule has 1 N–H and O–H groups in total. The molecule has 0 radical (unpaired) electrons. The van der Waals surface area contributed by atoms with E-state index in [4.69, 9.17) is 11.6 Å². The molecule has 0 aromatic heterocycles. The highest BCUT2D eigenvalue weighted by Gasteiger charge is 2.16. The number of anilines is 1. The molecule has 0 saturated heterocycles. The van der Waals surface area contributed by atoms with Crippen molar-refractivity contribution in [2.24, 2.45) is 0 Å². The van der Waals surface area contributed by atoms with Crippen LogP contribution in [-0.4, -0.2) is 29.8 Å². The van der Waals surface area contributed by atoms with Crippen LogP contribution in [0.3, 0.4) is 0 Å². The van der Waals surface area contributed by atoms with E-state index < -0.39 is 29.0 Å². The zero-order chi connectivity index (χ0) is 20.0. The Morgan fingerprint density at radius 1 is 1.00 bits per heavy atom. The first kappa shape index (κ1) is 20.8. The monoisotopic (exact) mass is 398 g/mol. The van der Waals surface area contributed by atoms with Crippen LogP contribution < -0.4 is 5.32 Å². The van der Waals surface area contributed by atoms with Gasteiger partial charge in [0.25, 0.3) is 0 Å². The maximum absolute atomic E-state index is 13.6. The molecule has 4 nitrogen and oxygen atoms in total. The molecule has 0 saturated carbocycles. The molecule has 8 heteroatoms. The van der Waals surface area contributed by atoms with Gasteiger partial charge in [0.1, 0.15) is 0 Å². The number of halogens is 4. The summed E-state index contributed by atoms with van der Waals surface area (Å²) in [6.45, 7) is 1.89. The van der Waals surface area contributed by atoms with Crippen molar-refractivity contribution in [3.63, 3.8) is 0 Å². The second kappa shape index (κ2) is 9.41. The smallest absolute Gasteiger partial charge is 0.226 e. The van der Waals surface area contributed by atoms with E-state index in [0.29, 0.717) is 18.0 Å². The summed E-state index contributed by atoms with van der Waals surface area (Å²) >= 11 is 5.83. The van der Waals surface area contributed by atoms with Crippen LogP contribution in [0.15, 0.2) is 36.4 Å². The van der Waals surface area contributed by atoms with E-state index in [2.05, 4.69) is 5.32 Å². The molecule has 2 aromatic rings. The maximum Gasteiger partial charge on any atom is 0.226 e. The van der Waals surface area contributed by atoms with Gasteiger partial charge in [0.05, 0.1) is 5.69 Å². The summed E-state index contributed by atoms with van der Waals surface area (Å²) in [4.78, 5) is 25.2. The van der Waals surface area contributed by atoms with E-state index in [1.165, 1.54) is 11.8 Å². The van der Waals surface area contributed by atoms with Gasteiger partial charge in [-0.15, -0.1) is 0 Å². The Morgan fingerprint density at radius 3 is 2.30 bits per heavy atom. The summed E-state index contributed by atoms with van der Waals surface area (Å²) in [6, 6.07) is 8.85. The maximum atomic E-state index is 13.6. The number of hydrogen-bond donors (Lipinski definition) is 1. The standard InChI is InChI=1S/C19H18ClF3N2O2/c1-12(26)25(10-8-13-2-4-14(20)5-3-13)11-9-17(27)24-16-7-6-15(21)18(22)19(16)23/h2-7H,8-11H2,1H3,(H,24,27). The second-order valence-electron chi connectivity index (χ2n) is 5.90. The second-order valence-corrected chi connectivity index (χ2v) is 6.34. The average Bonchev–Trinajstić information content (AvgIpc) is 2.63. The summed E-state index contributed by atoms with van der Waals surface area (Å²) < 4.78 is 39.7. The summed E-state index contributed by atoms with van der Waals surface area (Å²) in [7, 11) is 0. The number of amides is 2. The molecule has 0 bridgehead atoms. The first-order valence-corrected chi connectivity index (χ1v) is 8.59. The van der Waals surface area contributed by atoms with Gasteiger partial charge >= 0.3 is 0 Å².